The van der Waals surface area contributed by atoms with Crippen LogP contribution in [0.25, 0.3) is 0 Å². The van der Waals surface area contributed by atoms with E-state index in [0.29, 0.717) is 0 Å². The van der Waals surface area contributed by atoms with Gasteiger partial charge in [0.15, 0.2) is 0 Å². The van der Waals surface area contributed by atoms with Crippen molar-refractivity contribution in [3.05, 3.63) is 35.9 Å². The predicted octanol–water partition coefficient (Wildman–Crippen LogP) is 4.79. The first kappa shape index (κ1) is 15.9. The maximum Gasteiger partial charge on any atom is 0.0116 e. The molecule has 20 heavy (non-hydrogen) atoms. The summed E-state index contributed by atoms with van der Waals surface area (Å²) in [6, 6.07) is 11.2. The lowest BCUT2D eigenvalue weighted by molar-refractivity contribution is 0.287. The molecule has 0 bridgehead atoms. The largest absolute Gasteiger partial charge is 0.304 e. The van der Waals surface area contributed by atoms with E-state index in [-0.39, 0.29) is 0 Å². The van der Waals surface area contributed by atoms with Crippen molar-refractivity contribution in [2.24, 2.45) is 0 Å². The van der Waals surface area contributed by atoms with Crippen molar-refractivity contribution in [1.82, 2.24) is 4.90 Å². The Morgan fingerprint density at radius 1 is 1.15 bits per heavy atom. The molecule has 1 aromatic rings. The molecule has 0 aromatic heterocycles. The number of hydrogen-bond acceptors (Lipinski definition) is 2. The molecule has 1 fully saturated rings. The van der Waals surface area contributed by atoms with Crippen molar-refractivity contribution in [2.75, 3.05) is 25.4 Å². The van der Waals surface area contributed by atoms with Gasteiger partial charge in [-0.1, -0.05) is 50.6 Å². The summed E-state index contributed by atoms with van der Waals surface area (Å²) in [7, 11) is 0. The molecule has 1 aliphatic heterocycles. The Kier molecular flexibility index (Phi) is 6.95. The minimum absolute atomic E-state index is 0.738. The predicted molar refractivity (Wildman–Crippen MR) is 91.7 cm³/mol. The van der Waals surface area contributed by atoms with Crippen LogP contribution >= 0.6 is 11.8 Å². The second kappa shape index (κ2) is 8.74. The van der Waals surface area contributed by atoms with E-state index in [2.05, 4.69) is 60.8 Å². The molecule has 2 rings (SSSR count). The summed E-state index contributed by atoms with van der Waals surface area (Å²) in [5, 5.41) is 0.835. The zero-order valence-electron chi connectivity index (χ0n) is 13.1. The minimum atomic E-state index is 0.738. The first-order valence-corrected chi connectivity index (χ1v) is 9.29. The summed E-state index contributed by atoms with van der Waals surface area (Å²) in [5.41, 5.74) is 1.55. The van der Waals surface area contributed by atoms with E-state index in [1.54, 1.807) is 5.56 Å². The Morgan fingerprint density at radius 3 is 2.50 bits per heavy atom. The summed E-state index contributed by atoms with van der Waals surface area (Å²) < 4.78 is 0. The summed E-state index contributed by atoms with van der Waals surface area (Å²) in [6.07, 6.45) is 5.55. The molecule has 1 heterocycles. The van der Waals surface area contributed by atoms with Gasteiger partial charge in [-0.25, -0.2) is 0 Å². The molecule has 0 spiro atoms. The van der Waals surface area contributed by atoms with Gasteiger partial charge in [0.2, 0.25) is 0 Å². The van der Waals surface area contributed by atoms with Gasteiger partial charge in [0, 0.05) is 5.25 Å². The Hall–Kier alpha value is -0.470. The van der Waals surface area contributed by atoms with E-state index in [1.807, 2.05) is 0 Å². The fraction of sp³-hybridized carbons (Fsp3) is 0.667. The molecule has 2 unspecified atom stereocenters. The van der Waals surface area contributed by atoms with Crippen molar-refractivity contribution >= 4 is 11.8 Å². The van der Waals surface area contributed by atoms with Gasteiger partial charge in [-0.05, 0) is 56.1 Å². The van der Waals surface area contributed by atoms with Crippen LogP contribution in [-0.2, 0) is 0 Å². The number of rotatable bonds is 7. The topological polar surface area (TPSA) is 3.24 Å². The van der Waals surface area contributed by atoms with E-state index in [4.69, 9.17) is 0 Å². The van der Waals surface area contributed by atoms with Crippen LogP contribution in [0.1, 0.15) is 51.0 Å². The SMILES string of the molecule is CCN(CC)CCC(c1ccccc1)C1CCCCS1. The third kappa shape index (κ3) is 4.53. The lowest BCUT2D eigenvalue weighted by Gasteiger charge is -2.32. The lowest BCUT2D eigenvalue weighted by Crippen LogP contribution is -2.28. The van der Waals surface area contributed by atoms with E-state index in [1.165, 1.54) is 51.1 Å². The second-order valence-electron chi connectivity index (χ2n) is 5.74. The van der Waals surface area contributed by atoms with Gasteiger partial charge in [0.05, 0.1) is 0 Å². The van der Waals surface area contributed by atoms with Crippen molar-refractivity contribution in [3.63, 3.8) is 0 Å². The number of hydrogen-bond donors (Lipinski definition) is 0. The van der Waals surface area contributed by atoms with E-state index in [0.717, 1.165) is 11.2 Å². The maximum absolute atomic E-state index is 2.56. The van der Waals surface area contributed by atoms with Crippen LogP contribution in [0.4, 0.5) is 0 Å². The molecule has 1 nitrogen and oxygen atoms in total. The van der Waals surface area contributed by atoms with E-state index in [9.17, 15) is 0 Å². The van der Waals surface area contributed by atoms with E-state index < -0.39 is 0 Å². The smallest absolute Gasteiger partial charge is 0.0116 e. The Balaban J connectivity index is 2.03. The van der Waals surface area contributed by atoms with Crippen LogP contribution in [0.3, 0.4) is 0 Å². The van der Waals surface area contributed by atoms with Crippen LogP contribution in [0.2, 0.25) is 0 Å². The van der Waals surface area contributed by atoms with Gasteiger partial charge in [0.25, 0.3) is 0 Å². The second-order valence-corrected chi connectivity index (χ2v) is 7.08. The monoisotopic (exact) mass is 291 g/mol. The molecule has 0 saturated carbocycles. The molecule has 0 aliphatic carbocycles. The zero-order valence-corrected chi connectivity index (χ0v) is 13.9. The normalized spacial score (nSPS) is 21.1. The molecule has 1 aliphatic rings. The highest BCUT2D eigenvalue weighted by atomic mass is 32.2. The molecule has 1 saturated heterocycles. The number of nitrogens with zero attached hydrogens (tertiary/aromatic N) is 1. The number of benzene rings is 1. The highest BCUT2D eigenvalue weighted by molar-refractivity contribution is 8.00. The highest BCUT2D eigenvalue weighted by Gasteiger charge is 2.25. The molecule has 2 atom stereocenters. The van der Waals surface area contributed by atoms with E-state index >= 15 is 0 Å². The molecule has 1 aromatic carbocycles. The van der Waals surface area contributed by atoms with Crippen molar-refractivity contribution in [1.29, 1.82) is 0 Å². The molecule has 112 valence electrons. The van der Waals surface area contributed by atoms with Gasteiger partial charge >= 0.3 is 0 Å². The van der Waals surface area contributed by atoms with Gasteiger partial charge in [0.1, 0.15) is 0 Å². The lowest BCUT2D eigenvalue weighted by atomic mass is 9.89. The quantitative estimate of drug-likeness (QED) is 0.710. The van der Waals surface area contributed by atoms with Crippen LogP contribution in [-0.4, -0.2) is 35.5 Å². The van der Waals surface area contributed by atoms with Gasteiger partial charge in [-0.3, -0.25) is 0 Å². The van der Waals surface area contributed by atoms with Crippen LogP contribution in [0.5, 0.6) is 0 Å². The molecular weight excluding hydrogens is 262 g/mol. The van der Waals surface area contributed by atoms with Crippen molar-refractivity contribution in [2.45, 2.75) is 50.7 Å². The highest BCUT2D eigenvalue weighted by Crippen LogP contribution is 2.38. The molecule has 0 amide bonds. The van der Waals surface area contributed by atoms with Crippen LogP contribution in [0.15, 0.2) is 30.3 Å². The maximum atomic E-state index is 2.56. The fourth-order valence-corrected chi connectivity index (χ4v) is 4.74. The standard InChI is InChI=1S/C18H29NS/c1-3-19(4-2)14-13-17(16-10-6-5-7-11-16)18-12-8-9-15-20-18/h5-7,10-11,17-18H,3-4,8-9,12-15H2,1-2H3. The van der Waals surface area contributed by atoms with Gasteiger partial charge < -0.3 is 4.90 Å². The van der Waals surface area contributed by atoms with Gasteiger partial charge in [-0.15, -0.1) is 0 Å². The van der Waals surface area contributed by atoms with Gasteiger partial charge in [-0.2, -0.15) is 11.8 Å². The van der Waals surface area contributed by atoms with Crippen LogP contribution in [0, 0.1) is 0 Å². The summed E-state index contributed by atoms with van der Waals surface area (Å²) in [5.74, 6) is 2.10. The average Bonchev–Trinajstić information content (AvgIpc) is 2.53. The minimum Gasteiger partial charge on any atom is -0.304 e. The summed E-state index contributed by atoms with van der Waals surface area (Å²) in [6.45, 7) is 8.14. The third-order valence-corrected chi connectivity index (χ3v) is 6.06. The fourth-order valence-electron chi connectivity index (χ4n) is 3.21. The third-order valence-electron chi connectivity index (χ3n) is 4.54. The number of thioether (sulfide) groups is 1. The first-order chi connectivity index (χ1) is 9.85. The molecule has 2 heteroatoms. The van der Waals surface area contributed by atoms with Crippen molar-refractivity contribution < 1.29 is 0 Å². The van der Waals surface area contributed by atoms with Crippen molar-refractivity contribution in [3.8, 4) is 0 Å². The molecule has 0 N–H and O–H groups in total. The Bertz CT molecular complexity index is 355. The first-order valence-electron chi connectivity index (χ1n) is 8.24. The molecular formula is C18H29NS. The Labute approximate surface area is 129 Å². The molecule has 0 radical (unpaired) electrons. The zero-order chi connectivity index (χ0) is 14.2. The summed E-state index contributed by atoms with van der Waals surface area (Å²) in [4.78, 5) is 2.56. The van der Waals surface area contributed by atoms with Crippen LogP contribution < -0.4 is 0 Å². The summed E-state index contributed by atoms with van der Waals surface area (Å²) >= 11 is 2.21. The average molecular weight is 292 g/mol. The Morgan fingerprint density at radius 2 is 1.90 bits per heavy atom.